The monoisotopic (exact) mass is 216 g/mol. The third-order valence-electron chi connectivity index (χ3n) is 3.06. The Kier molecular flexibility index (Phi) is 3.97. The maximum Gasteiger partial charge on any atom is 0.0989 e. The van der Waals surface area contributed by atoms with Crippen molar-refractivity contribution in [3.63, 3.8) is 0 Å². The second-order valence-electron chi connectivity index (χ2n) is 4.45. The first kappa shape index (κ1) is 11.2. The topological polar surface area (TPSA) is 15.6 Å². The molecule has 0 saturated carbocycles. The predicted molar refractivity (Wildman–Crippen MR) is 68.7 cm³/mol. The zero-order valence-corrected chi connectivity index (χ0v) is 10.0. The molecule has 0 bridgehead atoms. The van der Waals surface area contributed by atoms with Crippen LogP contribution in [-0.4, -0.2) is 24.3 Å². The maximum absolute atomic E-state index is 4.66. The summed E-state index contributed by atoms with van der Waals surface area (Å²) in [5.41, 5.74) is 1.36. The molecule has 86 valence electrons. The van der Waals surface area contributed by atoms with E-state index >= 15 is 0 Å². The summed E-state index contributed by atoms with van der Waals surface area (Å²) in [5.74, 6) is 1.28. The maximum atomic E-state index is 4.66. The van der Waals surface area contributed by atoms with Crippen LogP contribution in [0.2, 0.25) is 0 Å². The first-order chi connectivity index (χ1) is 7.86. The summed E-state index contributed by atoms with van der Waals surface area (Å²) in [6, 6.07) is 10.6. The Hall–Kier alpha value is -1.31. The van der Waals surface area contributed by atoms with Crippen molar-refractivity contribution >= 4 is 5.84 Å². The van der Waals surface area contributed by atoms with Crippen LogP contribution in [0.25, 0.3) is 0 Å². The molecule has 0 fully saturated rings. The smallest absolute Gasteiger partial charge is 0.0989 e. The van der Waals surface area contributed by atoms with Crippen LogP contribution in [-0.2, 0) is 6.54 Å². The lowest BCUT2D eigenvalue weighted by molar-refractivity contribution is 0.486. The average molecular weight is 216 g/mol. The molecule has 0 unspecified atom stereocenters. The third kappa shape index (κ3) is 3.09. The van der Waals surface area contributed by atoms with Gasteiger partial charge in [0.1, 0.15) is 0 Å². The summed E-state index contributed by atoms with van der Waals surface area (Å²) in [7, 11) is 2.15. The van der Waals surface area contributed by atoms with Crippen LogP contribution in [0.1, 0.15) is 31.2 Å². The molecule has 2 rings (SSSR count). The molecule has 0 aliphatic carbocycles. The van der Waals surface area contributed by atoms with Crippen molar-refractivity contribution in [2.75, 3.05) is 13.6 Å². The average Bonchev–Trinajstić information content (AvgIpc) is 2.59. The fraction of sp³-hybridized carbons (Fsp3) is 0.500. The minimum absolute atomic E-state index is 0.972. The summed E-state index contributed by atoms with van der Waals surface area (Å²) in [4.78, 5) is 6.95. The Morgan fingerprint density at radius 3 is 2.75 bits per heavy atom. The van der Waals surface area contributed by atoms with E-state index in [0.29, 0.717) is 0 Å². The number of nitrogens with zero attached hydrogens (tertiary/aromatic N) is 2. The Morgan fingerprint density at radius 2 is 1.94 bits per heavy atom. The standard InChI is InChI=1S/C14H20N2/c1-16(12-13-8-4-2-5-9-13)14-10-6-3-7-11-15-14/h2,4-5,8-9H,3,6-7,10-12H2,1H3. The van der Waals surface area contributed by atoms with E-state index in [1.165, 1.54) is 30.7 Å². The van der Waals surface area contributed by atoms with Crippen LogP contribution in [0.3, 0.4) is 0 Å². The SMILES string of the molecule is CN(Cc1ccccc1)C1=NCCCCC1. The van der Waals surface area contributed by atoms with Crippen molar-refractivity contribution in [1.82, 2.24) is 4.90 Å². The zero-order chi connectivity index (χ0) is 11.2. The molecule has 1 heterocycles. The number of rotatable bonds is 2. The summed E-state index contributed by atoms with van der Waals surface area (Å²) < 4.78 is 0. The molecule has 1 aliphatic heterocycles. The fourth-order valence-corrected chi connectivity index (χ4v) is 2.12. The van der Waals surface area contributed by atoms with Crippen molar-refractivity contribution in [3.8, 4) is 0 Å². The van der Waals surface area contributed by atoms with Gasteiger partial charge in [0.25, 0.3) is 0 Å². The van der Waals surface area contributed by atoms with E-state index in [1.54, 1.807) is 0 Å². The predicted octanol–water partition coefficient (Wildman–Crippen LogP) is 3.09. The number of hydrogen-bond acceptors (Lipinski definition) is 2. The minimum Gasteiger partial charge on any atom is -0.359 e. The van der Waals surface area contributed by atoms with Crippen LogP contribution in [0.4, 0.5) is 0 Å². The molecule has 0 N–H and O–H groups in total. The highest BCUT2D eigenvalue weighted by Crippen LogP contribution is 2.11. The lowest BCUT2D eigenvalue weighted by Gasteiger charge is -2.20. The van der Waals surface area contributed by atoms with E-state index in [-0.39, 0.29) is 0 Å². The molecule has 0 saturated heterocycles. The Balaban J connectivity index is 1.97. The highest BCUT2D eigenvalue weighted by molar-refractivity contribution is 5.82. The normalized spacial score (nSPS) is 16.4. The largest absolute Gasteiger partial charge is 0.359 e. The van der Waals surface area contributed by atoms with Gasteiger partial charge in [-0.25, -0.2) is 0 Å². The number of benzene rings is 1. The Bertz CT molecular complexity index is 343. The minimum atomic E-state index is 0.972. The second kappa shape index (κ2) is 5.69. The zero-order valence-electron chi connectivity index (χ0n) is 10.0. The van der Waals surface area contributed by atoms with Gasteiger partial charge in [-0.3, -0.25) is 4.99 Å². The molecule has 1 aliphatic rings. The molecule has 2 heteroatoms. The first-order valence-electron chi connectivity index (χ1n) is 6.14. The van der Waals surface area contributed by atoms with Gasteiger partial charge in [-0.05, 0) is 18.4 Å². The van der Waals surface area contributed by atoms with E-state index in [9.17, 15) is 0 Å². The summed E-state index contributed by atoms with van der Waals surface area (Å²) in [6.45, 7) is 1.98. The fourth-order valence-electron chi connectivity index (χ4n) is 2.12. The molecule has 0 aromatic heterocycles. The summed E-state index contributed by atoms with van der Waals surface area (Å²) in [5, 5.41) is 0. The quantitative estimate of drug-likeness (QED) is 0.741. The second-order valence-corrected chi connectivity index (χ2v) is 4.45. The van der Waals surface area contributed by atoms with Gasteiger partial charge in [0.05, 0.1) is 5.84 Å². The molecule has 0 atom stereocenters. The highest BCUT2D eigenvalue weighted by atomic mass is 15.2. The van der Waals surface area contributed by atoms with E-state index < -0.39 is 0 Å². The van der Waals surface area contributed by atoms with Gasteiger partial charge < -0.3 is 4.90 Å². The molecule has 2 nitrogen and oxygen atoms in total. The van der Waals surface area contributed by atoms with E-state index in [0.717, 1.165) is 19.5 Å². The molecular formula is C14H20N2. The van der Waals surface area contributed by atoms with Crippen molar-refractivity contribution in [2.45, 2.75) is 32.2 Å². The van der Waals surface area contributed by atoms with Gasteiger partial charge in [-0.15, -0.1) is 0 Å². The third-order valence-corrected chi connectivity index (χ3v) is 3.06. The highest BCUT2D eigenvalue weighted by Gasteiger charge is 2.09. The molecular weight excluding hydrogens is 196 g/mol. The lowest BCUT2D eigenvalue weighted by Crippen LogP contribution is -2.26. The van der Waals surface area contributed by atoms with E-state index in [4.69, 9.17) is 0 Å². The molecule has 1 aromatic carbocycles. The van der Waals surface area contributed by atoms with Crippen LogP contribution >= 0.6 is 0 Å². The molecule has 0 amide bonds. The van der Waals surface area contributed by atoms with Crippen LogP contribution in [0.5, 0.6) is 0 Å². The van der Waals surface area contributed by atoms with Crippen molar-refractivity contribution in [3.05, 3.63) is 35.9 Å². The molecule has 0 spiro atoms. The summed E-state index contributed by atoms with van der Waals surface area (Å²) in [6.07, 6.45) is 5.01. The van der Waals surface area contributed by atoms with Gasteiger partial charge >= 0.3 is 0 Å². The van der Waals surface area contributed by atoms with Gasteiger partial charge in [-0.2, -0.15) is 0 Å². The van der Waals surface area contributed by atoms with E-state index in [1.807, 2.05) is 0 Å². The van der Waals surface area contributed by atoms with Gasteiger partial charge in [0.2, 0.25) is 0 Å². The molecule has 0 radical (unpaired) electrons. The van der Waals surface area contributed by atoms with Crippen molar-refractivity contribution in [2.24, 2.45) is 4.99 Å². The summed E-state index contributed by atoms with van der Waals surface area (Å²) >= 11 is 0. The first-order valence-corrected chi connectivity index (χ1v) is 6.14. The van der Waals surface area contributed by atoms with Gasteiger partial charge in [0, 0.05) is 26.6 Å². The van der Waals surface area contributed by atoms with Crippen molar-refractivity contribution in [1.29, 1.82) is 0 Å². The number of amidine groups is 1. The lowest BCUT2D eigenvalue weighted by atomic mass is 10.2. The number of hydrogen-bond donors (Lipinski definition) is 0. The molecule has 1 aromatic rings. The van der Waals surface area contributed by atoms with Crippen LogP contribution in [0, 0.1) is 0 Å². The van der Waals surface area contributed by atoms with Crippen molar-refractivity contribution < 1.29 is 0 Å². The number of aliphatic imine (C=N–C) groups is 1. The Labute approximate surface area is 98.0 Å². The van der Waals surface area contributed by atoms with E-state index in [2.05, 4.69) is 47.3 Å². The van der Waals surface area contributed by atoms with Gasteiger partial charge in [0.15, 0.2) is 0 Å². The molecule has 16 heavy (non-hydrogen) atoms. The Morgan fingerprint density at radius 1 is 1.12 bits per heavy atom. The van der Waals surface area contributed by atoms with Crippen LogP contribution in [0.15, 0.2) is 35.3 Å². The van der Waals surface area contributed by atoms with Gasteiger partial charge in [-0.1, -0.05) is 36.8 Å². The van der Waals surface area contributed by atoms with Crippen LogP contribution < -0.4 is 0 Å².